The molecule has 29 heavy (non-hydrogen) atoms. The third-order valence-electron chi connectivity index (χ3n) is 5.25. The molecule has 3 atom stereocenters. The third kappa shape index (κ3) is 3.25. The number of hydrogen-bond donors (Lipinski definition) is 3. The van der Waals surface area contributed by atoms with Gasteiger partial charge in [0.1, 0.15) is 12.5 Å². The number of ether oxygens (including phenoxy) is 1. The summed E-state index contributed by atoms with van der Waals surface area (Å²) in [6.45, 7) is 0.317. The van der Waals surface area contributed by atoms with E-state index in [2.05, 4.69) is 30.9 Å². The monoisotopic (exact) mass is 397 g/mol. The van der Waals surface area contributed by atoms with Crippen molar-refractivity contribution in [3.05, 3.63) is 36.2 Å². The molecule has 150 valence electrons. The van der Waals surface area contributed by atoms with Crippen molar-refractivity contribution in [2.75, 3.05) is 17.7 Å². The Morgan fingerprint density at radius 2 is 2.21 bits per heavy atom. The molecule has 1 aliphatic heterocycles. The molecule has 9 nitrogen and oxygen atoms in total. The van der Waals surface area contributed by atoms with Crippen LogP contribution in [0.25, 0.3) is 11.2 Å². The molecule has 1 fully saturated rings. The first-order chi connectivity index (χ1) is 14.1. The first-order valence-corrected chi connectivity index (χ1v) is 9.46. The summed E-state index contributed by atoms with van der Waals surface area (Å²) in [6, 6.07) is 6.81. The second-order valence-corrected chi connectivity index (χ2v) is 7.23. The molecular weight excluding hydrogens is 377 g/mol. The molecule has 1 amide bonds. The van der Waals surface area contributed by atoms with Gasteiger partial charge in [-0.2, -0.15) is 9.97 Å². The molecule has 3 unspecified atom stereocenters. The number of fused-ring (bicyclic) bond motifs is 4. The van der Waals surface area contributed by atoms with Crippen LogP contribution >= 0.6 is 0 Å². The predicted molar refractivity (Wildman–Crippen MR) is 105 cm³/mol. The molecule has 0 radical (unpaired) electrons. The van der Waals surface area contributed by atoms with Gasteiger partial charge in [-0.1, -0.05) is 12.1 Å². The molecule has 3 heterocycles. The summed E-state index contributed by atoms with van der Waals surface area (Å²) < 4.78 is 21.4. The van der Waals surface area contributed by atoms with Gasteiger partial charge in [0, 0.05) is 25.6 Å². The Bertz CT molecular complexity index is 1090. The fourth-order valence-electron chi connectivity index (χ4n) is 3.85. The highest BCUT2D eigenvalue weighted by molar-refractivity contribution is 5.92. The van der Waals surface area contributed by atoms with Crippen molar-refractivity contribution in [1.82, 2.24) is 24.8 Å². The SMILES string of the molecule is CNc1nc2nc3c1ncn3C(=O)NC1CC(F)CC1OCc1cccc(c1)N2. The summed E-state index contributed by atoms with van der Waals surface area (Å²) in [5, 5.41) is 9.03. The third-order valence-corrected chi connectivity index (χ3v) is 5.25. The van der Waals surface area contributed by atoms with Crippen molar-refractivity contribution in [3.63, 3.8) is 0 Å². The van der Waals surface area contributed by atoms with Crippen molar-refractivity contribution >= 4 is 34.6 Å². The van der Waals surface area contributed by atoms with E-state index in [9.17, 15) is 9.18 Å². The van der Waals surface area contributed by atoms with Crippen LogP contribution in [-0.4, -0.2) is 50.9 Å². The number of halogens is 1. The van der Waals surface area contributed by atoms with Crippen molar-refractivity contribution < 1.29 is 13.9 Å². The second-order valence-electron chi connectivity index (χ2n) is 7.23. The van der Waals surface area contributed by atoms with E-state index >= 15 is 0 Å². The summed E-state index contributed by atoms with van der Waals surface area (Å²) in [6.07, 6.45) is 0.444. The highest BCUT2D eigenvalue weighted by Crippen LogP contribution is 2.28. The zero-order chi connectivity index (χ0) is 20.0. The van der Waals surface area contributed by atoms with Gasteiger partial charge < -0.3 is 20.7 Å². The summed E-state index contributed by atoms with van der Waals surface area (Å²) in [7, 11) is 1.73. The molecule has 3 aromatic rings. The molecule has 10 heteroatoms. The minimum absolute atomic E-state index is 0.215. The van der Waals surface area contributed by atoms with Gasteiger partial charge in [-0.3, -0.25) is 0 Å². The van der Waals surface area contributed by atoms with E-state index in [0.29, 0.717) is 29.5 Å². The zero-order valence-corrected chi connectivity index (χ0v) is 15.7. The Labute approximate surface area is 165 Å². The molecule has 2 aliphatic rings. The lowest BCUT2D eigenvalue weighted by molar-refractivity contribution is 0.0273. The van der Waals surface area contributed by atoms with Crippen LogP contribution in [0.15, 0.2) is 30.6 Å². The summed E-state index contributed by atoms with van der Waals surface area (Å²) >= 11 is 0. The van der Waals surface area contributed by atoms with E-state index < -0.39 is 24.3 Å². The van der Waals surface area contributed by atoms with Crippen LogP contribution in [0.5, 0.6) is 0 Å². The molecule has 1 saturated carbocycles. The maximum Gasteiger partial charge on any atom is 0.328 e. The van der Waals surface area contributed by atoms with E-state index in [4.69, 9.17) is 4.74 Å². The van der Waals surface area contributed by atoms with Gasteiger partial charge in [0.25, 0.3) is 0 Å². The van der Waals surface area contributed by atoms with E-state index in [1.807, 2.05) is 24.3 Å². The number of rotatable bonds is 1. The largest absolute Gasteiger partial charge is 0.371 e. The number of benzene rings is 1. The number of carbonyl (C=O) groups is 1. The van der Waals surface area contributed by atoms with Crippen LogP contribution in [0, 0.1) is 0 Å². The minimum atomic E-state index is -1.02. The molecule has 5 rings (SSSR count). The molecule has 3 N–H and O–H groups in total. The first-order valence-electron chi connectivity index (χ1n) is 9.46. The van der Waals surface area contributed by atoms with Gasteiger partial charge >= 0.3 is 6.03 Å². The summed E-state index contributed by atoms with van der Waals surface area (Å²) in [4.78, 5) is 26.1. The van der Waals surface area contributed by atoms with Crippen LogP contribution in [-0.2, 0) is 11.3 Å². The first kappa shape index (κ1) is 17.8. The Hall–Kier alpha value is -3.27. The lowest BCUT2D eigenvalue weighted by Gasteiger charge is -2.22. The highest BCUT2D eigenvalue weighted by Gasteiger charge is 2.36. The molecular formula is C19H20FN7O2. The molecule has 4 bridgehead atoms. The minimum Gasteiger partial charge on any atom is -0.371 e. The maximum atomic E-state index is 14.1. The average Bonchev–Trinajstić information content (AvgIpc) is 3.28. The maximum absolute atomic E-state index is 14.1. The van der Waals surface area contributed by atoms with Crippen LogP contribution in [0.1, 0.15) is 18.4 Å². The molecule has 0 saturated heterocycles. The number of amides is 1. The number of imidazole rings is 1. The van der Waals surface area contributed by atoms with Gasteiger partial charge in [0.2, 0.25) is 5.95 Å². The molecule has 1 aromatic carbocycles. The topological polar surface area (TPSA) is 106 Å². The van der Waals surface area contributed by atoms with Crippen molar-refractivity contribution in [2.24, 2.45) is 0 Å². The second kappa shape index (κ2) is 6.96. The van der Waals surface area contributed by atoms with Crippen LogP contribution in [0.4, 0.5) is 26.6 Å². The van der Waals surface area contributed by atoms with Crippen LogP contribution < -0.4 is 16.0 Å². The summed E-state index contributed by atoms with van der Waals surface area (Å²) in [5.41, 5.74) is 2.53. The Kier molecular flexibility index (Phi) is 4.27. The predicted octanol–water partition coefficient (Wildman–Crippen LogP) is 2.57. The van der Waals surface area contributed by atoms with Crippen molar-refractivity contribution in [3.8, 4) is 0 Å². The normalized spacial score (nSPS) is 23.9. The number of hydrogen-bond acceptors (Lipinski definition) is 7. The lowest BCUT2D eigenvalue weighted by Crippen LogP contribution is -2.43. The zero-order valence-electron chi connectivity index (χ0n) is 15.7. The average molecular weight is 397 g/mol. The van der Waals surface area contributed by atoms with Gasteiger partial charge in [-0.25, -0.2) is 18.7 Å². The Morgan fingerprint density at radius 3 is 3.07 bits per heavy atom. The number of anilines is 3. The summed E-state index contributed by atoms with van der Waals surface area (Å²) in [5.74, 6) is 0.826. The molecule has 1 aliphatic carbocycles. The van der Waals surface area contributed by atoms with Crippen molar-refractivity contribution in [1.29, 1.82) is 0 Å². The number of nitrogens with zero attached hydrogens (tertiary/aromatic N) is 4. The van der Waals surface area contributed by atoms with E-state index in [1.165, 1.54) is 10.9 Å². The van der Waals surface area contributed by atoms with Gasteiger partial charge in [0.15, 0.2) is 17.0 Å². The number of nitrogens with one attached hydrogen (secondary N) is 3. The molecule has 0 spiro atoms. The fraction of sp³-hybridized carbons (Fsp3) is 0.368. The van der Waals surface area contributed by atoms with Crippen LogP contribution in [0.2, 0.25) is 0 Å². The lowest BCUT2D eigenvalue weighted by atomic mass is 10.2. The van der Waals surface area contributed by atoms with E-state index in [-0.39, 0.29) is 12.8 Å². The smallest absolute Gasteiger partial charge is 0.328 e. The van der Waals surface area contributed by atoms with Gasteiger partial charge in [-0.05, 0) is 17.7 Å². The molecule has 2 aromatic heterocycles. The van der Waals surface area contributed by atoms with E-state index in [0.717, 1.165) is 11.3 Å². The Balaban J connectivity index is 1.63. The Morgan fingerprint density at radius 1 is 1.31 bits per heavy atom. The number of carbonyl (C=O) groups excluding carboxylic acids is 1. The van der Waals surface area contributed by atoms with E-state index in [1.54, 1.807) is 7.05 Å². The number of alkyl halides is 1. The highest BCUT2D eigenvalue weighted by atomic mass is 19.1. The van der Waals surface area contributed by atoms with Gasteiger partial charge in [0.05, 0.1) is 18.8 Å². The van der Waals surface area contributed by atoms with Crippen molar-refractivity contribution in [2.45, 2.75) is 37.8 Å². The number of aromatic nitrogens is 4. The quantitative estimate of drug-likeness (QED) is 0.579. The van der Waals surface area contributed by atoms with Crippen LogP contribution in [0.3, 0.4) is 0 Å². The van der Waals surface area contributed by atoms with Gasteiger partial charge in [-0.15, -0.1) is 0 Å². The standard InChI is InChI=1S/C19H20FN7O2/c1-21-16-15-17-26-18(25-16)23-12-4-2-3-10(5-12)8-29-14-7-11(20)6-13(14)24-19(28)27(17)9-22-15/h2-5,9,11,13-14H,6-8H2,1H3,(H,24,28)(H2,21,23,25,26). The fourth-order valence-corrected chi connectivity index (χ4v) is 3.85.